The molecule has 1 aromatic rings. The molecule has 7 nitrogen and oxygen atoms in total. The first kappa shape index (κ1) is 16.5. The molecule has 0 unspecified atom stereocenters. The van der Waals surface area contributed by atoms with Crippen molar-refractivity contribution in [1.29, 1.82) is 0 Å². The highest BCUT2D eigenvalue weighted by molar-refractivity contribution is 6.32. The number of halogens is 1. The summed E-state index contributed by atoms with van der Waals surface area (Å²) in [5.41, 5.74) is 6.03. The molecule has 0 bridgehead atoms. The molecule has 2 amide bonds. The second-order valence-corrected chi connectivity index (χ2v) is 5.60. The maximum absolute atomic E-state index is 11.8. The maximum atomic E-state index is 11.8. The summed E-state index contributed by atoms with van der Waals surface area (Å²) in [5, 5.41) is 8.96. The Balaban J connectivity index is 2.02. The van der Waals surface area contributed by atoms with Crippen LogP contribution in [0.4, 0.5) is 10.5 Å². The number of primary amides is 1. The van der Waals surface area contributed by atoms with Crippen LogP contribution in [0.25, 0.3) is 0 Å². The summed E-state index contributed by atoms with van der Waals surface area (Å²) in [7, 11) is 0. The minimum Gasteiger partial charge on any atom is -0.481 e. The Morgan fingerprint density at radius 3 is 2.68 bits per heavy atom. The molecule has 0 atom stereocenters. The summed E-state index contributed by atoms with van der Waals surface area (Å²) in [6.45, 7) is 1.96. The fourth-order valence-electron chi connectivity index (χ4n) is 2.71. The molecule has 1 fully saturated rings. The van der Waals surface area contributed by atoms with Gasteiger partial charge in [0.2, 0.25) is 0 Å². The topological polar surface area (TPSA) is 99.8 Å². The van der Waals surface area contributed by atoms with Crippen molar-refractivity contribution in [3.05, 3.63) is 23.5 Å². The number of carbonyl (C=O) groups is 2. The van der Waals surface area contributed by atoms with Crippen molar-refractivity contribution in [1.82, 2.24) is 9.88 Å². The van der Waals surface area contributed by atoms with E-state index in [4.69, 9.17) is 22.4 Å². The molecule has 120 valence electrons. The largest absolute Gasteiger partial charge is 0.481 e. The Kier molecular flexibility index (Phi) is 5.57. The number of likely N-dealkylation sites (tertiary alicyclic amines) is 1. The predicted molar refractivity (Wildman–Crippen MR) is 83.0 cm³/mol. The van der Waals surface area contributed by atoms with Crippen LogP contribution in [0.3, 0.4) is 0 Å². The molecule has 0 radical (unpaired) electrons. The molecule has 0 saturated carbocycles. The molecule has 3 N–H and O–H groups in total. The molecule has 1 saturated heterocycles. The molecule has 1 aliphatic rings. The Morgan fingerprint density at radius 1 is 1.45 bits per heavy atom. The van der Waals surface area contributed by atoms with Gasteiger partial charge < -0.3 is 15.7 Å². The van der Waals surface area contributed by atoms with E-state index in [-0.39, 0.29) is 17.6 Å². The summed E-state index contributed by atoms with van der Waals surface area (Å²) >= 11 is 6.06. The number of hydrogen-bond acceptors (Lipinski definition) is 4. The van der Waals surface area contributed by atoms with E-state index in [0.717, 1.165) is 13.1 Å². The van der Waals surface area contributed by atoms with Crippen LogP contribution >= 0.6 is 11.6 Å². The Morgan fingerprint density at radius 2 is 2.14 bits per heavy atom. The lowest BCUT2D eigenvalue weighted by molar-refractivity contribution is -0.137. The minimum absolute atomic E-state index is 0.0553. The number of amides is 2. The molecule has 1 aromatic heterocycles. The normalized spacial score (nSPS) is 16.4. The Labute approximate surface area is 133 Å². The van der Waals surface area contributed by atoms with Gasteiger partial charge in [-0.25, -0.2) is 9.78 Å². The smallest absolute Gasteiger partial charge is 0.319 e. The fourth-order valence-corrected chi connectivity index (χ4v) is 2.92. The van der Waals surface area contributed by atoms with Crippen LogP contribution in [0.5, 0.6) is 0 Å². The molecular formula is C14H19ClN4O3. The summed E-state index contributed by atoms with van der Waals surface area (Å²) < 4.78 is 0. The SMILES string of the molecule is NC(=O)N(c1cccnc1Cl)C1CCN(CCC(=O)O)CC1. The number of pyridine rings is 1. The number of nitrogens with zero attached hydrogens (tertiary/aromatic N) is 3. The average molecular weight is 327 g/mol. The van der Waals surface area contributed by atoms with E-state index in [1.165, 1.54) is 4.90 Å². The van der Waals surface area contributed by atoms with E-state index >= 15 is 0 Å². The van der Waals surface area contributed by atoms with E-state index < -0.39 is 12.0 Å². The van der Waals surface area contributed by atoms with Gasteiger partial charge in [0.25, 0.3) is 0 Å². The zero-order valence-corrected chi connectivity index (χ0v) is 12.9. The van der Waals surface area contributed by atoms with Gasteiger partial charge in [-0.15, -0.1) is 0 Å². The van der Waals surface area contributed by atoms with Crippen LogP contribution < -0.4 is 10.6 Å². The number of carboxylic acids is 1. The summed E-state index contributed by atoms with van der Waals surface area (Å²) in [6, 6.07) is 2.81. The zero-order chi connectivity index (χ0) is 16.1. The highest BCUT2D eigenvalue weighted by Crippen LogP contribution is 2.28. The quantitative estimate of drug-likeness (QED) is 0.800. The van der Waals surface area contributed by atoms with Gasteiger partial charge in [-0.05, 0) is 25.0 Å². The average Bonchev–Trinajstić information content (AvgIpc) is 2.48. The van der Waals surface area contributed by atoms with Gasteiger partial charge in [-0.1, -0.05) is 11.6 Å². The molecule has 2 heterocycles. The Bertz CT molecular complexity index is 547. The number of aliphatic carboxylic acids is 1. The number of piperidine rings is 1. The number of nitrogens with two attached hydrogens (primary N) is 1. The van der Waals surface area contributed by atoms with Crippen LogP contribution in [-0.2, 0) is 4.79 Å². The predicted octanol–water partition coefficient (Wildman–Crippen LogP) is 1.56. The van der Waals surface area contributed by atoms with Crippen molar-refractivity contribution in [3.63, 3.8) is 0 Å². The van der Waals surface area contributed by atoms with Gasteiger partial charge in [0.1, 0.15) is 0 Å². The second-order valence-electron chi connectivity index (χ2n) is 5.24. The standard InChI is InChI=1S/C14H19ClN4O3/c15-13-11(2-1-6-17-13)19(14(16)22)10-3-7-18(8-4-10)9-5-12(20)21/h1-2,6,10H,3-5,7-9H2,(H2,16,22)(H,20,21). The van der Waals surface area contributed by atoms with Gasteiger partial charge in [-0.3, -0.25) is 9.69 Å². The van der Waals surface area contributed by atoms with Crippen molar-refractivity contribution in [2.45, 2.75) is 25.3 Å². The van der Waals surface area contributed by atoms with Crippen molar-refractivity contribution < 1.29 is 14.7 Å². The first-order valence-corrected chi connectivity index (χ1v) is 7.50. The van der Waals surface area contributed by atoms with E-state index in [0.29, 0.717) is 25.1 Å². The van der Waals surface area contributed by atoms with Crippen LogP contribution in [0.15, 0.2) is 18.3 Å². The van der Waals surface area contributed by atoms with Gasteiger partial charge in [-0.2, -0.15) is 0 Å². The highest BCUT2D eigenvalue weighted by atomic mass is 35.5. The van der Waals surface area contributed by atoms with Crippen LogP contribution in [0.1, 0.15) is 19.3 Å². The zero-order valence-electron chi connectivity index (χ0n) is 12.1. The molecule has 1 aliphatic heterocycles. The number of carbonyl (C=O) groups excluding carboxylic acids is 1. The molecule has 0 spiro atoms. The third kappa shape index (κ3) is 4.08. The molecule has 2 rings (SSSR count). The van der Waals surface area contributed by atoms with Gasteiger partial charge in [0.05, 0.1) is 12.1 Å². The third-order valence-electron chi connectivity index (χ3n) is 3.80. The summed E-state index contributed by atoms with van der Waals surface area (Å²) in [4.78, 5) is 30.0. The van der Waals surface area contributed by atoms with Gasteiger partial charge >= 0.3 is 12.0 Å². The maximum Gasteiger partial charge on any atom is 0.319 e. The monoisotopic (exact) mass is 326 g/mol. The number of hydrogen-bond donors (Lipinski definition) is 2. The van der Waals surface area contributed by atoms with Crippen LogP contribution in [0.2, 0.25) is 5.15 Å². The summed E-state index contributed by atoms with van der Waals surface area (Å²) in [6.07, 6.45) is 3.11. The number of urea groups is 1. The van der Waals surface area contributed by atoms with Crippen molar-refractivity contribution in [3.8, 4) is 0 Å². The van der Waals surface area contributed by atoms with Crippen molar-refractivity contribution in [2.24, 2.45) is 5.73 Å². The van der Waals surface area contributed by atoms with Crippen molar-refractivity contribution >= 4 is 29.3 Å². The molecule has 22 heavy (non-hydrogen) atoms. The minimum atomic E-state index is -0.803. The number of rotatable bonds is 5. The lowest BCUT2D eigenvalue weighted by Gasteiger charge is -2.37. The first-order chi connectivity index (χ1) is 10.5. The number of aromatic nitrogens is 1. The lowest BCUT2D eigenvalue weighted by Crippen LogP contribution is -2.50. The molecule has 0 aromatic carbocycles. The second kappa shape index (κ2) is 7.42. The van der Waals surface area contributed by atoms with Crippen molar-refractivity contribution in [2.75, 3.05) is 24.5 Å². The molecular weight excluding hydrogens is 308 g/mol. The van der Waals surface area contributed by atoms with Crippen LogP contribution in [-0.4, -0.2) is 52.7 Å². The molecule has 0 aliphatic carbocycles. The fraction of sp³-hybridized carbons (Fsp3) is 0.500. The van der Waals surface area contributed by atoms with Gasteiger partial charge in [0.15, 0.2) is 5.15 Å². The van der Waals surface area contributed by atoms with E-state index in [2.05, 4.69) is 9.88 Å². The summed E-state index contributed by atoms with van der Waals surface area (Å²) in [5.74, 6) is -0.803. The highest BCUT2D eigenvalue weighted by Gasteiger charge is 2.29. The van der Waals surface area contributed by atoms with E-state index in [9.17, 15) is 9.59 Å². The number of carboxylic acid groups (broad SMARTS) is 1. The van der Waals surface area contributed by atoms with E-state index in [1.807, 2.05) is 0 Å². The Hall–Kier alpha value is -1.86. The molecule has 8 heteroatoms. The van der Waals surface area contributed by atoms with Crippen LogP contribution in [0, 0.1) is 0 Å². The van der Waals surface area contributed by atoms with Gasteiger partial charge in [0, 0.05) is 31.9 Å². The lowest BCUT2D eigenvalue weighted by atomic mass is 10.0. The van der Waals surface area contributed by atoms with E-state index in [1.54, 1.807) is 18.3 Å². The number of anilines is 1. The third-order valence-corrected chi connectivity index (χ3v) is 4.09. The first-order valence-electron chi connectivity index (χ1n) is 7.12.